The molecule has 122 valence electrons. The average molecular weight is 311 g/mol. The Bertz CT molecular complexity index is 323. The molecule has 0 radical (unpaired) electrons. The second kappa shape index (κ2) is 11.1. The van der Waals surface area contributed by atoms with Gasteiger partial charge in [-0.3, -0.25) is 0 Å². The summed E-state index contributed by atoms with van der Waals surface area (Å²) in [5.41, 5.74) is 5.93. The Balaban J connectivity index is 4.31. The quantitative estimate of drug-likeness (QED) is 0.243. The van der Waals surface area contributed by atoms with Crippen LogP contribution in [-0.4, -0.2) is 8.07 Å². The average Bonchev–Trinajstić information content (AvgIpc) is 2.39. The van der Waals surface area contributed by atoms with E-state index in [-0.39, 0.29) is 0 Å². The molecule has 0 aromatic heterocycles. The second-order valence-electron chi connectivity index (χ2n) is 7.01. The smallest absolute Gasteiger partial charge is 0.145 e. The van der Waals surface area contributed by atoms with Crippen molar-refractivity contribution >= 4 is 8.07 Å². The zero-order chi connectivity index (χ0) is 16.3. The minimum absolute atomic E-state index is 0.652. The standard InChI is InChI=1S/C19H35FSi/c1-17(2)21(18(3)4,19(5)6)16-14-12-10-8-7-9-11-13-15-20/h13,15,17-19H,7-12H2,1-6H3. The van der Waals surface area contributed by atoms with Gasteiger partial charge in [-0.25, -0.2) is 4.39 Å². The molecule has 0 spiro atoms. The molecule has 0 bridgehead atoms. The molecule has 0 atom stereocenters. The predicted octanol–water partition coefficient (Wildman–Crippen LogP) is 7.03. The molecule has 0 rings (SSSR count). The first kappa shape index (κ1) is 20.4. The van der Waals surface area contributed by atoms with Crippen molar-refractivity contribution in [2.24, 2.45) is 0 Å². The second-order valence-corrected chi connectivity index (χ2v) is 12.6. The molecule has 0 heterocycles. The van der Waals surface area contributed by atoms with E-state index < -0.39 is 8.07 Å². The van der Waals surface area contributed by atoms with Gasteiger partial charge in [0.2, 0.25) is 0 Å². The Kier molecular flexibility index (Phi) is 10.8. The van der Waals surface area contributed by atoms with Crippen molar-refractivity contribution < 1.29 is 4.39 Å². The minimum atomic E-state index is -1.53. The third-order valence-electron chi connectivity index (χ3n) is 4.68. The van der Waals surface area contributed by atoms with Gasteiger partial charge in [0.05, 0.1) is 6.33 Å². The molecule has 2 heteroatoms. The van der Waals surface area contributed by atoms with Crippen molar-refractivity contribution in [1.29, 1.82) is 0 Å². The van der Waals surface area contributed by atoms with Crippen LogP contribution in [0.3, 0.4) is 0 Å². The van der Waals surface area contributed by atoms with Crippen LogP contribution in [0.15, 0.2) is 12.4 Å². The van der Waals surface area contributed by atoms with E-state index >= 15 is 0 Å². The van der Waals surface area contributed by atoms with Crippen LogP contribution in [-0.2, 0) is 0 Å². The van der Waals surface area contributed by atoms with Gasteiger partial charge in [-0.1, -0.05) is 60.5 Å². The summed E-state index contributed by atoms with van der Waals surface area (Å²) >= 11 is 0. The molecule has 0 fully saturated rings. The molecule has 0 aliphatic rings. The molecule has 0 aliphatic heterocycles. The van der Waals surface area contributed by atoms with E-state index in [9.17, 15) is 4.39 Å². The van der Waals surface area contributed by atoms with Gasteiger partial charge in [-0.2, -0.15) is 0 Å². The zero-order valence-corrected chi connectivity index (χ0v) is 16.0. The first-order valence-electron chi connectivity index (χ1n) is 8.64. The molecule has 21 heavy (non-hydrogen) atoms. The van der Waals surface area contributed by atoms with E-state index in [4.69, 9.17) is 0 Å². The Morgan fingerprint density at radius 2 is 1.38 bits per heavy atom. The van der Waals surface area contributed by atoms with Crippen molar-refractivity contribution in [3.05, 3.63) is 12.4 Å². The van der Waals surface area contributed by atoms with Crippen molar-refractivity contribution in [3.8, 4) is 11.5 Å². The zero-order valence-electron chi connectivity index (χ0n) is 15.0. The molecular weight excluding hydrogens is 275 g/mol. The molecule has 0 aliphatic carbocycles. The molecule has 0 aromatic carbocycles. The minimum Gasteiger partial charge on any atom is -0.216 e. The number of hydrogen-bond acceptors (Lipinski definition) is 0. The molecule has 0 unspecified atom stereocenters. The number of unbranched alkanes of at least 4 members (excludes halogenated alkanes) is 5. The maximum Gasteiger partial charge on any atom is 0.145 e. The van der Waals surface area contributed by atoms with Crippen LogP contribution >= 0.6 is 0 Å². The topological polar surface area (TPSA) is 0 Å². The summed E-state index contributed by atoms with van der Waals surface area (Å²) in [4.78, 5) is 0. The summed E-state index contributed by atoms with van der Waals surface area (Å²) < 4.78 is 11.8. The Morgan fingerprint density at radius 3 is 1.86 bits per heavy atom. The molecule has 0 N–H and O–H groups in total. The maximum absolute atomic E-state index is 11.8. The fraction of sp³-hybridized carbons (Fsp3) is 0.789. The number of hydrogen-bond donors (Lipinski definition) is 0. The van der Waals surface area contributed by atoms with Crippen LogP contribution in [0.1, 0.15) is 80.1 Å². The Labute approximate surface area is 133 Å². The van der Waals surface area contributed by atoms with Crippen molar-refractivity contribution in [2.45, 2.75) is 96.7 Å². The number of rotatable bonds is 9. The van der Waals surface area contributed by atoms with E-state index in [1.165, 1.54) is 19.3 Å². The van der Waals surface area contributed by atoms with Gasteiger partial charge in [0.25, 0.3) is 0 Å². The lowest BCUT2D eigenvalue weighted by molar-refractivity contribution is 0.648. The summed E-state index contributed by atoms with van der Waals surface area (Å²) in [6.07, 6.45) is 8.84. The fourth-order valence-electron chi connectivity index (χ4n) is 3.54. The van der Waals surface area contributed by atoms with Crippen molar-refractivity contribution in [1.82, 2.24) is 0 Å². The van der Waals surface area contributed by atoms with E-state index in [0.29, 0.717) is 6.33 Å². The maximum atomic E-state index is 11.8. The van der Waals surface area contributed by atoms with Gasteiger partial charge < -0.3 is 0 Å². The number of halogens is 1. The fourth-order valence-corrected chi connectivity index (χ4v) is 8.84. The van der Waals surface area contributed by atoms with Crippen LogP contribution in [0.2, 0.25) is 16.6 Å². The van der Waals surface area contributed by atoms with Crippen molar-refractivity contribution in [2.75, 3.05) is 0 Å². The van der Waals surface area contributed by atoms with E-state index in [2.05, 4.69) is 53.0 Å². The number of allylic oxidation sites excluding steroid dienone is 1. The first-order chi connectivity index (χ1) is 9.89. The summed E-state index contributed by atoms with van der Waals surface area (Å²) in [6, 6.07) is 0. The highest BCUT2D eigenvalue weighted by molar-refractivity contribution is 6.90. The van der Waals surface area contributed by atoms with E-state index in [1.807, 2.05) is 0 Å². The lowest BCUT2D eigenvalue weighted by Gasteiger charge is -2.38. The van der Waals surface area contributed by atoms with Gasteiger partial charge in [-0.15, -0.1) is 11.5 Å². The normalized spacial score (nSPS) is 12.5. The Hall–Kier alpha value is -0.553. The predicted molar refractivity (Wildman–Crippen MR) is 96.8 cm³/mol. The largest absolute Gasteiger partial charge is 0.216 e. The monoisotopic (exact) mass is 310 g/mol. The molecule has 0 saturated heterocycles. The highest BCUT2D eigenvalue weighted by atomic mass is 28.3. The molecular formula is C19H35FSi. The molecule has 0 nitrogen and oxygen atoms in total. The van der Waals surface area contributed by atoms with Gasteiger partial charge in [0.15, 0.2) is 0 Å². The first-order valence-corrected chi connectivity index (χ1v) is 10.9. The molecule has 0 amide bonds. The van der Waals surface area contributed by atoms with Gasteiger partial charge >= 0.3 is 0 Å². The summed E-state index contributed by atoms with van der Waals surface area (Å²) in [6.45, 7) is 14.2. The van der Waals surface area contributed by atoms with Crippen molar-refractivity contribution in [3.63, 3.8) is 0 Å². The summed E-state index contributed by atoms with van der Waals surface area (Å²) in [5.74, 6) is 3.51. The Morgan fingerprint density at radius 1 is 0.857 bits per heavy atom. The van der Waals surface area contributed by atoms with Crippen LogP contribution in [0.25, 0.3) is 0 Å². The highest BCUT2D eigenvalue weighted by Gasteiger charge is 2.41. The van der Waals surface area contributed by atoms with Crippen LogP contribution in [0.5, 0.6) is 0 Å². The molecule has 0 aromatic rings. The van der Waals surface area contributed by atoms with Crippen LogP contribution in [0, 0.1) is 11.5 Å². The molecule has 0 saturated carbocycles. The van der Waals surface area contributed by atoms with Crippen LogP contribution < -0.4 is 0 Å². The SMILES string of the molecule is CC(C)[Si](C#CCCCCCCC=CF)(C(C)C)C(C)C. The lowest BCUT2D eigenvalue weighted by atomic mass is 10.1. The van der Waals surface area contributed by atoms with Gasteiger partial charge in [0, 0.05) is 6.42 Å². The van der Waals surface area contributed by atoms with E-state index in [0.717, 1.165) is 35.9 Å². The summed E-state index contributed by atoms with van der Waals surface area (Å²) in [5, 5.41) is 0. The van der Waals surface area contributed by atoms with Gasteiger partial charge in [0.1, 0.15) is 8.07 Å². The van der Waals surface area contributed by atoms with Crippen LogP contribution in [0.4, 0.5) is 4.39 Å². The third-order valence-corrected chi connectivity index (χ3v) is 11.0. The third kappa shape index (κ3) is 6.83. The van der Waals surface area contributed by atoms with Gasteiger partial charge in [-0.05, 0) is 35.9 Å². The summed E-state index contributed by atoms with van der Waals surface area (Å²) in [7, 11) is -1.53. The lowest BCUT2D eigenvalue weighted by Crippen LogP contribution is -2.43. The highest BCUT2D eigenvalue weighted by Crippen LogP contribution is 2.40. The van der Waals surface area contributed by atoms with E-state index in [1.54, 1.807) is 6.08 Å².